The van der Waals surface area contributed by atoms with E-state index in [0.717, 1.165) is 0 Å². The number of halogens is 2. The van der Waals surface area contributed by atoms with Crippen LogP contribution in [-0.2, 0) is 9.59 Å². The number of rotatable bonds is 2. The van der Waals surface area contributed by atoms with Gasteiger partial charge in [-0.15, -0.1) is 0 Å². The van der Waals surface area contributed by atoms with Crippen molar-refractivity contribution in [3.63, 3.8) is 0 Å². The molecule has 18 heavy (non-hydrogen) atoms. The summed E-state index contributed by atoms with van der Waals surface area (Å²) in [6.07, 6.45) is 0.847. The minimum atomic E-state index is -0.311. The van der Waals surface area contributed by atoms with Crippen molar-refractivity contribution in [2.45, 2.75) is 12.8 Å². The fourth-order valence-corrected chi connectivity index (χ4v) is 2.17. The molecule has 1 fully saturated rings. The molecule has 1 unspecified atom stereocenters. The van der Waals surface area contributed by atoms with Crippen LogP contribution in [0.5, 0.6) is 0 Å². The van der Waals surface area contributed by atoms with Gasteiger partial charge >= 0.3 is 0 Å². The summed E-state index contributed by atoms with van der Waals surface area (Å²) in [6, 6.07) is 4.85. The Morgan fingerprint density at radius 1 is 1.39 bits per heavy atom. The van der Waals surface area contributed by atoms with E-state index in [9.17, 15) is 9.59 Å². The second kappa shape index (κ2) is 5.59. The predicted octanol–water partition coefficient (Wildman–Crippen LogP) is 2.46. The third kappa shape index (κ3) is 3.15. The van der Waals surface area contributed by atoms with Gasteiger partial charge in [0, 0.05) is 23.9 Å². The summed E-state index contributed by atoms with van der Waals surface area (Å²) in [5, 5.41) is 6.31. The average Bonchev–Trinajstić information content (AvgIpc) is 2.34. The van der Waals surface area contributed by atoms with Gasteiger partial charge in [-0.25, -0.2) is 0 Å². The van der Waals surface area contributed by atoms with Crippen molar-refractivity contribution in [2.75, 3.05) is 11.9 Å². The van der Waals surface area contributed by atoms with Crippen LogP contribution in [0, 0.1) is 5.92 Å². The number of hydrogen-bond donors (Lipinski definition) is 2. The average molecular weight is 287 g/mol. The first-order chi connectivity index (χ1) is 8.56. The molecule has 1 aromatic carbocycles. The van der Waals surface area contributed by atoms with Crippen molar-refractivity contribution in [1.82, 2.24) is 5.32 Å². The van der Waals surface area contributed by atoms with Gasteiger partial charge in [-0.05, 0) is 24.6 Å². The Balaban J connectivity index is 2.06. The zero-order valence-corrected chi connectivity index (χ0v) is 11.0. The number of hydrogen-bond acceptors (Lipinski definition) is 2. The van der Waals surface area contributed by atoms with Crippen LogP contribution in [-0.4, -0.2) is 18.4 Å². The number of carbonyl (C=O) groups excluding carboxylic acids is 2. The molecule has 4 nitrogen and oxygen atoms in total. The smallest absolute Gasteiger partial charge is 0.228 e. The Hall–Kier alpha value is -1.26. The SMILES string of the molecule is O=C1CC(C(=O)Nc2cc(Cl)ccc2Cl)CCN1. The zero-order valence-electron chi connectivity index (χ0n) is 9.50. The number of piperidine rings is 1. The summed E-state index contributed by atoms with van der Waals surface area (Å²) in [4.78, 5) is 23.2. The molecule has 1 heterocycles. The molecule has 2 N–H and O–H groups in total. The molecule has 1 aliphatic rings. The highest BCUT2D eigenvalue weighted by Gasteiger charge is 2.25. The summed E-state index contributed by atoms with van der Waals surface area (Å²) < 4.78 is 0. The molecular weight excluding hydrogens is 275 g/mol. The molecule has 0 radical (unpaired) electrons. The predicted molar refractivity (Wildman–Crippen MR) is 70.8 cm³/mol. The molecule has 0 aliphatic carbocycles. The molecule has 1 aliphatic heterocycles. The van der Waals surface area contributed by atoms with Gasteiger partial charge < -0.3 is 10.6 Å². The van der Waals surface area contributed by atoms with Crippen molar-refractivity contribution in [3.8, 4) is 0 Å². The van der Waals surface area contributed by atoms with Crippen LogP contribution in [0.15, 0.2) is 18.2 Å². The number of anilines is 1. The molecule has 2 amide bonds. The lowest BCUT2D eigenvalue weighted by Gasteiger charge is -2.21. The Bertz CT molecular complexity index is 491. The van der Waals surface area contributed by atoms with Crippen molar-refractivity contribution >= 4 is 40.7 Å². The minimum Gasteiger partial charge on any atom is -0.356 e. The van der Waals surface area contributed by atoms with Crippen molar-refractivity contribution in [2.24, 2.45) is 5.92 Å². The maximum atomic E-state index is 12.0. The van der Waals surface area contributed by atoms with Crippen LogP contribution in [0.3, 0.4) is 0 Å². The molecule has 1 atom stereocenters. The standard InChI is InChI=1S/C12H12Cl2N2O2/c13-8-1-2-9(14)10(6-8)16-12(18)7-3-4-15-11(17)5-7/h1-2,6-7H,3-5H2,(H,15,17)(H,16,18). The first-order valence-corrected chi connectivity index (χ1v) is 6.34. The monoisotopic (exact) mass is 286 g/mol. The number of amides is 2. The van der Waals surface area contributed by atoms with E-state index in [0.29, 0.717) is 28.7 Å². The molecular formula is C12H12Cl2N2O2. The van der Waals surface area contributed by atoms with E-state index in [4.69, 9.17) is 23.2 Å². The molecule has 1 saturated heterocycles. The van der Waals surface area contributed by atoms with Gasteiger partial charge in [-0.3, -0.25) is 9.59 Å². The largest absolute Gasteiger partial charge is 0.356 e. The Morgan fingerprint density at radius 3 is 2.89 bits per heavy atom. The number of nitrogens with one attached hydrogen (secondary N) is 2. The minimum absolute atomic E-state index is 0.0985. The van der Waals surface area contributed by atoms with Crippen molar-refractivity contribution in [3.05, 3.63) is 28.2 Å². The molecule has 6 heteroatoms. The number of benzene rings is 1. The van der Waals surface area contributed by atoms with Gasteiger partial charge in [0.25, 0.3) is 0 Å². The third-order valence-electron chi connectivity index (χ3n) is 2.80. The van der Waals surface area contributed by atoms with E-state index < -0.39 is 0 Å². The summed E-state index contributed by atoms with van der Waals surface area (Å²) in [7, 11) is 0. The Labute approximate surface area is 115 Å². The summed E-state index contributed by atoms with van der Waals surface area (Å²) in [5.41, 5.74) is 0.472. The summed E-state index contributed by atoms with van der Waals surface area (Å²) in [5.74, 6) is -0.610. The van der Waals surface area contributed by atoms with Gasteiger partial charge in [0.1, 0.15) is 0 Å². The quantitative estimate of drug-likeness (QED) is 0.877. The van der Waals surface area contributed by atoms with Gasteiger partial charge in [-0.1, -0.05) is 23.2 Å². The Morgan fingerprint density at radius 2 is 2.17 bits per heavy atom. The van der Waals surface area contributed by atoms with Gasteiger partial charge in [-0.2, -0.15) is 0 Å². The van der Waals surface area contributed by atoms with Crippen molar-refractivity contribution in [1.29, 1.82) is 0 Å². The number of carbonyl (C=O) groups is 2. The van der Waals surface area contributed by atoms with Gasteiger partial charge in [0.2, 0.25) is 11.8 Å². The van der Waals surface area contributed by atoms with E-state index in [1.165, 1.54) is 0 Å². The van der Waals surface area contributed by atoms with Crippen LogP contribution in [0.4, 0.5) is 5.69 Å². The topological polar surface area (TPSA) is 58.2 Å². The molecule has 0 saturated carbocycles. The molecule has 0 spiro atoms. The van der Waals surface area contributed by atoms with Gasteiger partial charge in [0.05, 0.1) is 10.7 Å². The fraction of sp³-hybridized carbons (Fsp3) is 0.333. The lowest BCUT2D eigenvalue weighted by Crippen LogP contribution is -2.38. The lowest BCUT2D eigenvalue weighted by atomic mass is 9.96. The highest BCUT2D eigenvalue weighted by molar-refractivity contribution is 6.35. The first-order valence-electron chi connectivity index (χ1n) is 5.59. The second-order valence-corrected chi connectivity index (χ2v) is 5.00. The van der Waals surface area contributed by atoms with E-state index in [-0.39, 0.29) is 24.2 Å². The Kier molecular flexibility index (Phi) is 4.09. The van der Waals surface area contributed by atoms with E-state index in [2.05, 4.69) is 10.6 Å². The van der Waals surface area contributed by atoms with Crippen molar-refractivity contribution < 1.29 is 9.59 Å². The molecule has 2 rings (SSSR count). The van der Waals surface area contributed by atoms with E-state index in [1.54, 1.807) is 18.2 Å². The maximum absolute atomic E-state index is 12.0. The molecule has 0 aromatic heterocycles. The third-order valence-corrected chi connectivity index (χ3v) is 3.37. The highest BCUT2D eigenvalue weighted by Crippen LogP contribution is 2.26. The van der Waals surface area contributed by atoms with E-state index in [1.807, 2.05) is 0 Å². The summed E-state index contributed by atoms with van der Waals surface area (Å²) in [6.45, 7) is 0.528. The highest BCUT2D eigenvalue weighted by atomic mass is 35.5. The van der Waals surface area contributed by atoms with Crippen LogP contribution >= 0.6 is 23.2 Å². The fourth-order valence-electron chi connectivity index (χ4n) is 1.84. The van der Waals surface area contributed by atoms with Crippen LogP contribution in [0.25, 0.3) is 0 Å². The molecule has 0 bridgehead atoms. The molecule has 1 aromatic rings. The van der Waals surface area contributed by atoms with Crippen LogP contribution in [0.1, 0.15) is 12.8 Å². The maximum Gasteiger partial charge on any atom is 0.228 e. The second-order valence-electron chi connectivity index (χ2n) is 4.15. The van der Waals surface area contributed by atoms with E-state index >= 15 is 0 Å². The first kappa shape index (κ1) is 13.2. The summed E-state index contributed by atoms with van der Waals surface area (Å²) >= 11 is 11.8. The van der Waals surface area contributed by atoms with Crippen LogP contribution in [0.2, 0.25) is 10.0 Å². The normalized spacial score (nSPS) is 19.2. The zero-order chi connectivity index (χ0) is 13.1. The lowest BCUT2D eigenvalue weighted by molar-refractivity contribution is -0.129. The van der Waals surface area contributed by atoms with Crippen LogP contribution < -0.4 is 10.6 Å². The molecule has 96 valence electrons. The van der Waals surface area contributed by atoms with Gasteiger partial charge in [0.15, 0.2) is 0 Å².